The minimum atomic E-state index is -1.14. The lowest BCUT2D eigenvalue weighted by molar-refractivity contribution is -0.130. The maximum atomic E-state index is 13.6. The van der Waals surface area contributed by atoms with Crippen molar-refractivity contribution in [2.24, 2.45) is 5.92 Å². The molecule has 0 spiro atoms. The number of hydrogen-bond donors (Lipinski definition) is 2. The molecular weight excluding hydrogens is 412 g/mol. The van der Waals surface area contributed by atoms with Crippen molar-refractivity contribution in [3.8, 4) is 5.75 Å². The van der Waals surface area contributed by atoms with Crippen molar-refractivity contribution < 1.29 is 19.8 Å². The number of aliphatic carboxylic acids is 1. The lowest BCUT2D eigenvalue weighted by Crippen LogP contribution is -2.15. The van der Waals surface area contributed by atoms with E-state index in [2.05, 4.69) is 8.75 Å². The minimum absolute atomic E-state index is 0.00418. The molecule has 31 heavy (non-hydrogen) atoms. The van der Waals surface area contributed by atoms with Gasteiger partial charge >= 0.3 is 5.97 Å². The molecule has 2 aromatic carbocycles. The molecule has 1 aliphatic carbocycles. The van der Waals surface area contributed by atoms with Gasteiger partial charge in [0.2, 0.25) is 0 Å². The van der Waals surface area contributed by atoms with Gasteiger partial charge in [0.1, 0.15) is 16.8 Å². The Kier molecular flexibility index (Phi) is 5.87. The summed E-state index contributed by atoms with van der Waals surface area (Å²) in [5.41, 5.74) is 3.84. The van der Waals surface area contributed by atoms with Gasteiger partial charge in [-0.3, -0.25) is 4.79 Å². The van der Waals surface area contributed by atoms with Gasteiger partial charge in [-0.25, -0.2) is 4.79 Å². The first-order valence-electron chi connectivity index (χ1n) is 10.4. The summed E-state index contributed by atoms with van der Waals surface area (Å²) < 4.78 is 8.39. The van der Waals surface area contributed by atoms with E-state index >= 15 is 0 Å². The second-order valence-electron chi connectivity index (χ2n) is 8.25. The normalized spacial score (nSPS) is 15.3. The third-order valence-corrected chi connectivity index (χ3v) is 6.76. The summed E-state index contributed by atoms with van der Waals surface area (Å²) in [6.07, 6.45) is 4.56. The Bertz CT molecular complexity index is 1180. The molecule has 0 atom stereocenters. The number of hydrogen-bond acceptors (Lipinski definition) is 6. The molecular formula is C24H24N2O4S. The highest BCUT2D eigenvalue weighted by molar-refractivity contribution is 7.00. The number of nitrogens with zero attached hydrogens (tertiary/aromatic N) is 2. The fourth-order valence-electron chi connectivity index (χ4n) is 4.32. The summed E-state index contributed by atoms with van der Waals surface area (Å²) in [5.74, 6) is -1.18. The Labute approximate surface area is 184 Å². The number of allylic oxidation sites excluding steroid dienone is 1. The fourth-order valence-corrected chi connectivity index (χ4v) is 4.84. The zero-order valence-electron chi connectivity index (χ0n) is 17.5. The van der Waals surface area contributed by atoms with Crippen LogP contribution in [-0.2, 0) is 4.79 Å². The number of carbonyl (C=O) groups excluding carboxylic acids is 1. The first-order chi connectivity index (χ1) is 14.8. The Morgan fingerprint density at radius 3 is 2.42 bits per heavy atom. The zero-order chi connectivity index (χ0) is 22.1. The van der Waals surface area contributed by atoms with Crippen LogP contribution in [-0.4, -0.2) is 30.7 Å². The Morgan fingerprint density at radius 2 is 1.74 bits per heavy atom. The van der Waals surface area contributed by atoms with E-state index in [1.54, 1.807) is 31.2 Å². The van der Waals surface area contributed by atoms with Crippen LogP contribution in [0.1, 0.15) is 59.2 Å². The van der Waals surface area contributed by atoms with E-state index in [-0.39, 0.29) is 28.6 Å². The van der Waals surface area contributed by atoms with Gasteiger partial charge in [-0.2, -0.15) is 8.75 Å². The summed E-state index contributed by atoms with van der Waals surface area (Å²) in [6.45, 7) is 3.61. The Morgan fingerprint density at radius 1 is 1.03 bits per heavy atom. The molecule has 7 heteroatoms. The molecule has 1 aliphatic rings. The monoisotopic (exact) mass is 436 g/mol. The van der Waals surface area contributed by atoms with Crippen LogP contribution < -0.4 is 0 Å². The van der Waals surface area contributed by atoms with Crippen molar-refractivity contribution in [1.29, 1.82) is 0 Å². The van der Waals surface area contributed by atoms with E-state index in [0.717, 1.165) is 43.0 Å². The van der Waals surface area contributed by atoms with Crippen molar-refractivity contribution in [2.75, 3.05) is 0 Å². The number of carboxylic acids is 1. The molecule has 6 nitrogen and oxygen atoms in total. The standard InChI is InChI=1S/C24H24N2O4S/c1-13-9-17(12-21(27)14(13)2)23(28)18(10-15-5-3-4-6-15)22(24(29)30)16-7-8-19-20(11-16)26-31-25-19/h7-9,11-12,15,27H,3-6,10H2,1-2H3,(H,29,30). The molecule has 3 aromatic rings. The largest absolute Gasteiger partial charge is 0.508 e. The van der Waals surface area contributed by atoms with E-state index in [1.165, 1.54) is 6.07 Å². The summed E-state index contributed by atoms with van der Waals surface area (Å²) in [5, 5.41) is 20.4. The highest BCUT2D eigenvalue weighted by Gasteiger charge is 2.28. The second kappa shape index (κ2) is 8.59. The van der Waals surface area contributed by atoms with Crippen LogP contribution in [0.4, 0.5) is 0 Å². The fraction of sp³-hybridized carbons (Fsp3) is 0.333. The van der Waals surface area contributed by atoms with Crippen molar-refractivity contribution in [2.45, 2.75) is 46.0 Å². The summed E-state index contributed by atoms with van der Waals surface area (Å²) in [4.78, 5) is 26.0. The van der Waals surface area contributed by atoms with E-state index in [4.69, 9.17) is 0 Å². The third-order valence-electron chi connectivity index (χ3n) is 6.20. The molecule has 0 saturated heterocycles. The zero-order valence-corrected chi connectivity index (χ0v) is 18.3. The van der Waals surface area contributed by atoms with E-state index in [0.29, 0.717) is 34.1 Å². The molecule has 2 N–H and O–H groups in total. The van der Waals surface area contributed by atoms with Gasteiger partial charge in [-0.15, -0.1) is 0 Å². The molecule has 0 radical (unpaired) electrons. The van der Waals surface area contributed by atoms with Crippen molar-refractivity contribution in [3.63, 3.8) is 0 Å². The molecule has 1 heterocycles. The van der Waals surface area contributed by atoms with Crippen LogP contribution in [0.25, 0.3) is 16.6 Å². The number of Topliss-reactive ketones (excluding diaryl/α,β-unsaturated/α-hetero) is 1. The second-order valence-corrected chi connectivity index (χ2v) is 8.78. The van der Waals surface area contributed by atoms with Gasteiger partial charge in [0, 0.05) is 11.1 Å². The van der Waals surface area contributed by atoms with Gasteiger partial charge in [0.25, 0.3) is 0 Å². The molecule has 1 saturated carbocycles. The maximum Gasteiger partial charge on any atom is 0.336 e. The summed E-state index contributed by atoms with van der Waals surface area (Å²) >= 11 is 1.07. The van der Waals surface area contributed by atoms with Gasteiger partial charge in [0.15, 0.2) is 5.78 Å². The number of carboxylic acid groups (broad SMARTS) is 1. The Balaban J connectivity index is 1.89. The maximum absolute atomic E-state index is 13.6. The molecule has 0 unspecified atom stereocenters. The highest BCUT2D eigenvalue weighted by Crippen LogP contribution is 2.36. The van der Waals surface area contributed by atoms with Crippen molar-refractivity contribution in [1.82, 2.24) is 8.75 Å². The number of phenols is 1. The highest BCUT2D eigenvalue weighted by atomic mass is 32.1. The first-order valence-corrected chi connectivity index (χ1v) is 11.1. The SMILES string of the molecule is Cc1cc(C(=O)C(CC2CCCC2)=C(C(=O)O)c2ccc3nsnc3c2)cc(O)c1C. The number of aromatic nitrogens is 2. The Hall–Kier alpha value is -3.06. The predicted octanol–water partition coefficient (Wildman–Crippen LogP) is 5.32. The smallest absolute Gasteiger partial charge is 0.336 e. The number of fused-ring (bicyclic) bond motifs is 1. The average Bonchev–Trinajstić information content (AvgIpc) is 3.41. The van der Waals surface area contributed by atoms with Crippen LogP contribution in [0.3, 0.4) is 0 Å². The summed E-state index contributed by atoms with van der Waals surface area (Å²) in [7, 11) is 0. The van der Waals surface area contributed by atoms with E-state index < -0.39 is 5.97 Å². The number of rotatable bonds is 6. The number of phenolic OH excluding ortho intramolecular Hbond substituents is 1. The predicted molar refractivity (Wildman–Crippen MR) is 120 cm³/mol. The van der Waals surface area contributed by atoms with Gasteiger partial charge < -0.3 is 10.2 Å². The van der Waals surface area contributed by atoms with Crippen molar-refractivity contribution >= 4 is 40.1 Å². The van der Waals surface area contributed by atoms with Gasteiger partial charge in [-0.1, -0.05) is 31.7 Å². The topological polar surface area (TPSA) is 100 Å². The summed E-state index contributed by atoms with van der Waals surface area (Å²) in [6, 6.07) is 8.26. The minimum Gasteiger partial charge on any atom is -0.508 e. The molecule has 160 valence electrons. The lowest BCUT2D eigenvalue weighted by atomic mass is 9.86. The van der Waals surface area contributed by atoms with Crippen LogP contribution >= 0.6 is 11.7 Å². The van der Waals surface area contributed by atoms with Crippen molar-refractivity contribution in [3.05, 3.63) is 58.2 Å². The van der Waals surface area contributed by atoms with Crippen LogP contribution in [0.2, 0.25) is 0 Å². The van der Waals surface area contributed by atoms with E-state index in [9.17, 15) is 19.8 Å². The quantitative estimate of drug-likeness (QED) is 0.401. The molecule has 0 aliphatic heterocycles. The average molecular weight is 437 g/mol. The molecule has 1 fully saturated rings. The molecule has 0 amide bonds. The lowest BCUT2D eigenvalue weighted by Gasteiger charge is -2.17. The van der Waals surface area contributed by atoms with Gasteiger partial charge in [0.05, 0.1) is 17.3 Å². The molecule has 0 bridgehead atoms. The van der Waals surface area contributed by atoms with Crippen LogP contribution in [0, 0.1) is 19.8 Å². The third kappa shape index (κ3) is 4.23. The van der Waals surface area contributed by atoms with Crippen LogP contribution in [0.5, 0.6) is 5.75 Å². The number of benzene rings is 2. The number of aromatic hydroxyl groups is 1. The van der Waals surface area contributed by atoms with Gasteiger partial charge in [-0.05, 0) is 67.1 Å². The molecule has 4 rings (SSSR count). The number of aryl methyl sites for hydroxylation is 1. The van der Waals surface area contributed by atoms with Crippen LogP contribution in [0.15, 0.2) is 35.9 Å². The first kappa shape index (κ1) is 21.2. The number of ketones is 1. The van der Waals surface area contributed by atoms with E-state index in [1.807, 2.05) is 6.92 Å². The number of carbonyl (C=O) groups is 2. The molecule has 1 aromatic heterocycles.